The van der Waals surface area contributed by atoms with Crippen LogP contribution < -0.4 is 0 Å². The fraction of sp³-hybridized carbons (Fsp3) is 0.250. The van der Waals surface area contributed by atoms with Gasteiger partial charge in [-0.15, -0.1) is 0 Å². The van der Waals surface area contributed by atoms with Crippen LogP contribution in [0.1, 0.15) is 18.3 Å². The third-order valence-electron chi connectivity index (χ3n) is 3.44. The topological polar surface area (TPSA) is 141 Å². The van der Waals surface area contributed by atoms with Crippen LogP contribution in [0.2, 0.25) is 0 Å². The van der Waals surface area contributed by atoms with Gasteiger partial charge in [0.25, 0.3) is 10.1 Å². The largest absolute Gasteiger partial charge is 0.364 e. The van der Waals surface area contributed by atoms with Crippen LogP contribution in [0.25, 0.3) is 0 Å². The summed E-state index contributed by atoms with van der Waals surface area (Å²) in [7, 11) is -10.3. The molecule has 2 atom stereocenters. The highest BCUT2D eigenvalue weighted by Gasteiger charge is 2.56. The van der Waals surface area contributed by atoms with Gasteiger partial charge in [0.15, 0.2) is 0 Å². The second kappa shape index (κ2) is 5.60. The number of nitrogens with zero attached hydrogens (tertiary/aromatic N) is 1. The molecule has 2 aromatic heterocycles. The summed E-state index contributed by atoms with van der Waals surface area (Å²) in [5.41, 5.74) is -1.46. The number of hydrogen-bond donors (Lipinski definition) is 4. The summed E-state index contributed by atoms with van der Waals surface area (Å²) in [4.78, 5) is 23.4. The Hall–Kier alpha value is -1.51. The molecule has 4 N–H and O–H groups in total. The second-order valence-electron chi connectivity index (χ2n) is 4.96. The summed E-state index contributed by atoms with van der Waals surface area (Å²) in [6.07, 6.45) is 2.86. The van der Waals surface area contributed by atoms with E-state index in [1.54, 1.807) is 18.2 Å². The maximum absolute atomic E-state index is 11.8. The lowest BCUT2D eigenvalue weighted by Crippen LogP contribution is -2.43. The SMILES string of the molecule is CC(c1ccccn1)(c1ccc[nH]1)C(P(=O)(O)O)S(=O)(=O)O. The Morgan fingerprint density at radius 1 is 1.27 bits per heavy atom. The predicted molar refractivity (Wildman–Crippen MR) is 78.9 cm³/mol. The van der Waals surface area contributed by atoms with Crippen LogP contribution in [0, 0.1) is 0 Å². The minimum Gasteiger partial charge on any atom is -0.364 e. The van der Waals surface area contributed by atoms with Crippen molar-refractivity contribution >= 4 is 17.7 Å². The van der Waals surface area contributed by atoms with Crippen LogP contribution in [-0.2, 0) is 20.1 Å². The normalized spacial score (nSPS) is 16.9. The van der Waals surface area contributed by atoms with Crippen LogP contribution in [-0.4, -0.2) is 37.7 Å². The maximum atomic E-state index is 11.8. The molecule has 2 heterocycles. The first-order valence-corrected chi connectivity index (χ1v) is 9.33. The Labute approximate surface area is 127 Å². The van der Waals surface area contributed by atoms with E-state index in [0.29, 0.717) is 0 Å². The standard InChI is InChI=1S/C12H15N2O6PS/c1-12(10-6-4-8-14-10,9-5-2-3-7-13-9)11(21(15,16)17)22(18,19)20/h2-8,11,14H,1H3,(H2,15,16,17)(H,18,19,20). The lowest BCUT2D eigenvalue weighted by molar-refractivity contribution is 0.343. The van der Waals surface area contributed by atoms with E-state index < -0.39 is 28.1 Å². The number of H-pyrrole nitrogens is 1. The molecular formula is C12H15N2O6PS. The van der Waals surface area contributed by atoms with Crippen molar-refractivity contribution in [1.29, 1.82) is 0 Å². The molecular weight excluding hydrogens is 331 g/mol. The third-order valence-corrected chi connectivity index (χ3v) is 7.22. The minimum absolute atomic E-state index is 0.100. The Bertz CT molecular complexity index is 786. The van der Waals surface area contributed by atoms with Gasteiger partial charge in [-0.3, -0.25) is 14.1 Å². The van der Waals surface area contributed by atoms with E-state index in [-0.39, 0.29) is 11.4 Å². The zero-order valence-electron chi connectivity index (χ0n) is 11.5. The molecule has 22 heavy (non-hydrogen) atoms. The van der Waals surface area contributed by atoms with Crippen LogP contribution in [0.5, 0.6) is 0 Å². The van der Waals surface area contributed by atoms with E-state index in [2.05, 4.69) is 9.97 Å². The van der Waals surface area contributed by atoms with Crippen LogP contribution in [0.4, 0.5) is 0 Å². The number of hydrogen-bond acceptors (Lipinski definition) is 4. The van der Waals surface area contributed by atoms with Gasteiger partial charge in [-0.05, 0) is 31.2 Å². The van der Waals surface area contributed by atoms with Crippen LogP contribution in [0.15, 0.2) is 42.7 Å². The molecule has 0 aliphatic rings. The van der Waals surface area contributed by atoms with Crippen molar-refractivity contribution in [3.05, 3.63) is 54.1 Å². The number of aromatic amines is 1. The van der Waals surface area contributed by atoms with Gasteiger partial charge in [-0.2, -0.15) is 8.42 Å². The van der Waals surface area contributed by atoms with Crippen molar-refractivity contribution < 1.29 is 27.3 Å². The van der Waals surface area contributed by atoms with E-state index in [4.69, 9.17) is 0 Å². The Kier molecular flexibility index (Phi) is 4.29. The van der Waals surface area contributed by atoms with Gasteiger partial charge in [-0.1, -0.05) is 6.07 Å². The summed E-state index contributed by atoms with van der Waals surface area (Å²) in [5, 5.41) is 0. The predicted octanol–water partition coefficient (Wildman–Crippen LogP) is 1.11. The molecule has 10 heteroatoms. The van der Waals surface area contributed by atoms with E-state index in [1.165, 1.54) is 31.5 Å². The molecule has 2 rings (SSSR count). The molecule has 0 spiro atoms. The van der Waals surface area contributed by atoms with Crippen molar-refractivity contribution in [3.63, 3.8) is 0 Å². The van der Waals surface area contributed by atoms with E-state index in [1.807, 2.05) is 0 Å². The van der Waals surface area contributed by atoms with Gasteiger partial charge in [0.1, 0.15) is 0 Å². The molecule has 0 saturated carbocycles. The number of pyridine rings is 1. The van der Waals surface area contributed by atoms with Crippen LogP contribution >= 0.6 is 7.60 Å². The molecule has 2 unspecified atom stereocenters. The number of nitrogens with one attached hydrogen (secondary N) is 1. The number of aromatic nitrogens is 2. The van der Waals surface area contributed by atoms with Crippen molar-refractivity contribution in [2.75, 3.05) is 0 Å². The van der Waals surface area contributed by atoms with Crippen molar-refractivity contribution in [2.45, 2.75) is 17.3 Å². The molecule has 0 radical (unpaired) electrons. The molecule has 0 amide bonds. The Morgan fingerprint density at radius 3 is 2.36 bits per heavy atom. The fourth-order valence-electron chi connectivity index (χ4n) is 2.53. The van der Waals surface area contributed by atoms with E-state index in [9.17, 15) is 27.3 Å². The van der Waals surface area contributed by atoms with Gasteiger partial charge in [0.05, 0.1) is 11.1 Å². The summed E-state index contributed by atoms with van der Waals surface area (Å²) in [5.74, 6) is 0. The van der Waals surface area contributed by atoms with Gasteiger partial charge >= 0.3 is 7.60 Å². The van der Waals surface area contributed by atoms with Crippen molar-refractivity contribution in [3.8, 4) is 0 Å². The smallest absolute Gasteiger partial charge is 0.347 e. The average molecular weight is 346 g/mol. The van der Waals surface area contributed by atoms with Crippen LogP contribution in [0.3, 0.4) is 0 Å². The van der Waals surface area contributed by atoms with Crippen molar-refractivity contribution in [2.24, 2.45) is 0 Å². The zero-order chi connectivity index (χ0) is 16.6. The fourth-order valence-corrected chi connectivity index (χ4v) is 5.70. The first-order chi connectivity index (χ1) is 10.1. The molecule has 0 aliphatic heterocycles. The quantitative estimate of drug-likeness (QED) is 0.469. The minimum atomic E-state index is -5.22. The highest BCUT2D eigenvalue weighted by atomic mass is 32.2. The first kappa shape index (κ1) is 16.9. The summed E-state index contributed by atoms with van der Waals surface area (Å²) >= 11 is 0. The lowest BCUT2D eigenvalue weighted by atomic mass is 9.84. The van der Waals surface area contributed by atoms with Crippen molar-refractivity contribution in [1.82, 2.24) is 9.97 Å². The molecule has 0 aromatic carbocycles. The molecule has 8 nitrogen and oxygen atoms in total. The Balaban J connectivity index is 2.82. The lowest BCUT2D eigenvalue weighted by Gasteiger charge is -2.34. The molecule has 0 saturated heterocycles. The van der Waals surface area contributed by atoms with Gasteiger partial charge in [-0.25, -0.2) is 0 Å². The Morgan fingerprint density at radius 2 is 1.95 bits per heavy atom. The molecule has 0 aliphatic carbocycles. The maximum Gasteiger partial charge on any atom is 0.347 e. The zero-order valence-corrected chi connectivity index (χ0v) is 13.2. The monoisotopic (exact) mass is 346 g/mol. The second-order valence-corrected chi connectivity index (χ2v) is 8.50. The first-order valence-electron chi connectivity index (χ1n) is 6.15. The third kappa shape index (κ3) is 2.99. The van der Waals surface area contributed by atoms with Gasteiger partial charge in [0, 0.05) is 18.1 Å². The van der Waals surface area contributed by atoms with Gasteiger partial charge < -0.3 is 14.8 Å². The summed E-state index contributed by atoms with van der Waals surface area (Å²) < 4.78 is 44.7. The van der Waals surface area contributed by atoms with E-state index >= 15 is 0 Å². The highest BCUT2D eigenvalue weighted by Crippen LogP contribution is 2.54. The summed E-state index contributed by atoms with van der Waals surface area (Å²) in [6, 6.07) is 7.61. The van der Waals surface area contributed by atoms with Gasteiger partial charge in [0.2, 0.25) is 4.99 Å². The molecule has 120 valence electrons. The van der Waals surface area contributed by atoms with E-state index in [0.717, 1.165) is 0 Å². The molecule has 2 aromatic rings. The molecule has 0 fully saturated rings. The highest BCUT2D eigenvalue weighted by molar-refractivity contribution is 7.93. The average Bonchev–Trinajstić information content (AvgIpc) is 2.90. The molecule has 0 bridgehead atoms. The summed E-state index contributed by atoms with van der Waals surface area (Å²) in [6.45, 7) is 1.30. The number of rotatable bonds is 5.